The minimum Gasteiger partial charge on any atom is -0.493 e. The van der Waals surface area contributed by atoms with E-state index in [0.717, 1.165) is 21.9 Å². The van der Waals surface area contributed by atoms with Crippen LogP contribution in [-0.4, -0.2) is 33.7 Å². The van der Waals surface area contributed by atoms with Crippen molar-refractivity contribution in [2.75, 3.05) is 7.11 Å². The first kappa shape index (κ1) is 29.8. The van der Waals surface area contributed by atoms with Crippen LogP contribution in [0.15, 0.2) is 94.9 Å². The molecule has 1 atom stereocenters. The van der Waals surface area contributed by atoms with Crippen LogP contribution in [0.2, 0.25) is 0 Å². The molecule has 0 aliphatic carbocycles. The summed E-state index contributed by atoms with van der Waals surface area (Å²) in [6, 6.07) is 25.0. The number of benzene rings is 4. The second-order valence-corrected chi connectivity index (χ2v) is 11.9. The van der Waals surface area contributed by atoms with E-state index in [0.29, 0.717) is 30.1 Å². The lowest BCUT2D eigenvalue weighted by Gasteiger charge is -2.19. The third kappa shape index (κ3) is 7.93. The van der Waals surface area contributed by atoms with Gasteiger partial charge in [-0.25, -0.2) is 13.8 Å². The van der Waals surface area contributed by atoms with Gasteiger partial charge in [0.1, 0.15) is 12.6 Å². The van der Waals surface area contributed by atoms with E-state index < -0.39 is 22.0 Å². The lowest BCUT2D eigenvalue weighted by atomic mass is 10.0. The molecule has 0 aromatic heterocycles. The lowest BCUT2D eigenvalue weighted by Crippen LogP contribution is -2.46. The second kappa shape index (κ2) is 13.4. The second-order valence-electron chi connectivity index (χ2n) is 10.2. The molecule has 0 aliphatic heterocycles. The molecule has 4 rings (SSSR count). The largest absolute Gasteiger partial charge is 0.493 e. The zero-order chi connectivity index (χ0) is 29.4. The Hall–Kier alpha value is -4.21. The summed E-state index contributed by atoms with van der Waals surface area (Å²) < 4.78 is 39.9. The maximum atomic E-state index is 12.9. The normalized spacial score (nSPS) is 12.5. The van der Waals surface area contributed by atoms with Crippen molar-refractivity contribution in [2.24, 2.45) is 11.0 Å². The van der Waals surface area contributed by atoms with E-state index in [1.54, 1.807) is 37.4 Å². The minimum absolute atomic E-state index is 0.0705. The highest BCUT2D eigenvalue weighted by Crippen LogP contribution is 2.29. The van der Waals surface area contributed by atoms with Crippen molar-refractivity contribution >= 4 is 32.9 Å². The number of carbonyl (C=O) groups excluding carboxylic acids is 1. The number of hydrogen-bond acceptors (Lipinski definition) is 6. The van der Waals surface area contributed by atoms with E-state index >= 15 is 0 Å². The third-order valence-corrected chi connectivity index (χ3v) is 7.98. The standard InChI is InChI=1S/C32H35N3O5S/c1-22(2)18-29(35-41(37,38)27-15-12-23(3)13-16-27)32(36)34-33-20-24-14-17-30(31(19-24)39-4)40-21-26-10-7-9-25-8-5-6-11-28(25)26/h5-17,19-20,22,29,35H,18,21H2,1-4H3,(H,34,36)/b33-20-/t29-/m0/s1. The summed E-state index contributed by atoms with van der Waals surface area (Å²) in [6.07, 6.45) is 1.78. The zero-order valence-corrected chi connectivity index (χ0v) is 24.4. The molecule has 0 saturated carbocycles. The summed E-state index contributed by atoms with van der Waals surface area (Å²) in [7, 11) is -2.33. The van der Waals surface area contributed by atoms with E-state index in [1.807, 2.05) is 45.0 Å². The van der Waals surface area contributed by atoms with Gasteiger partial charge in [0.05, 0.1) is 18.2 Å². The monoisotopic (exact) mass is 573 g/mol. The van der Waals surface area contributed by atoms with Gasteiger partial charge in [-0.1, -0.05) is 74.0 Å². The highest BCUT2D eigenvalue weighted by Gasteiger charge is 2.26. The Morgan fingerprint density at radius 1 is 0.951 bits per heavy atom. The molecule has 9 heteroatoms. The summed E-state index contributed by atoms with van der Waals surface area (Å²) in [5.74, 6) is 0.613. The first-order chi connectivity index (χ1) is 19.7. The molecule has 0 radical (unpaired) electrons. The number of nitrogens with zero attached hydrogens (tertiary/aromatic N) is 1. The first-order valence-electron chi connectivity index (χ1n) is 13.4. The van der Waals surface area contributed by atoms with Crippen LogP contribution in [0.1, 0.15) is 37.0 Å². The smallest absolute Gasteiger partial charge is 0.258 e. The van der Waals surface area contributed by atoms with Crippen LogP contribution >= 0.6 is 0 Å². The molecule has 2 N–H and O–H groups in total. The number of rotatable bonds is 12. The van der Waals surface area contributed by atoms with Crippen LogP contribution in [0.3, 0.4) is 0 Å². The topological polar surface area (TPSA) is 106 Å². The zero-order valence-electron chi connectivity index (χ0n) is 23.6. The van der Waals surface area contributed by atoms with E-state index in [4.69, 9.17) is 9.47 Å². The fourth-order valence-corrected chi connectivity index (χ4v) is 5.57. The van der Waals surface area contributed by atoms with Gasteiger partial charge in [-0.15, -0.1) is 0 Å². The number of methoxy groups -OCH3 is 1. The van der Waals surface area contributed by atoms with Gasteiger partial charge in [-0.05, 0) is 71.5 Å². The van der Waals surface area contributed by atoms with Crippen molar-refractivity contribution in [3.8, 4) is 11.5 Å². The van der Waals surface area contributed by atoms with Gasteiger partial charge in [0, 0.05) is 0 Å². The molecule has 0 heterocycles. The highest BCUT2D eigenvalue weighted by atomic mass is 32.2. The Bertz CT molecular complexity index is 1630. The number of ether oxygens (including phenoxy) is 2. The fourth-order valence-electron chi connectivity index (χ4n) is 4.36. The Balaban J connectivity index is 1.41. The summed E-state index contributed by atoms with van der Waals surface area (Å²) in [5, 5.41) is 6.34. The average molecular weight is 574 g/mol. The summed E-state index contributed by atoms with van der Waals surface area (Å²) in [6.45, 7) is 6.08. The third-order valence-electron chi connectivity index (χ3n) is 6.49. The van der Waals surface area contributed by atoms with Gasteiger partial charge >= 0.3 is 0 Å². The van der Waals surface area contributed by atoms with E-state index in [1.165, 1.54) is 18.3 Å². The average Bonchev–Trinajstić information content (AvgIpc) is 2.95. The van der Waals surface area contributed by atoms with Crippen molar-refractivity contribution in [2.45, 2.75) is 44.7 Å². The van der Waals surface area contributed by atoms with Crippen LogP contribution in [0, 0.1) is 12.8 Å². The van der Waals surface area contributed by atoms with Crippen LogP contribution in [0.25, 0.3) is 10.8 Å². The SMILES string of the molecule is COc1cc(/C=N\NC(=O)[C@H](CC(C)C)NS(=O)(=O)c2ccc(C)cc2)ccc1OCc1cccc2ccccc12. The lowest BCUT2D eigenvalue weighted by molar-refractivity contribution is -0.123. The van der Waals surface area contributed by atoms with Crippen LogP contribution in [0.4, 0.5) is 0 Å². The quantitative estimate of drug-likeness (QED) is 0.170. The Morgan fingerprint density at radius 3 is 2.41 bits per heavy atom. The van der Waals surface area contributed by atoms with Gasteiger partial charge < -0.3 is 9.47 Å². The molecule has 4 aromatic rings. The number of hydrazone groups is 1. The molecule has 0 saturated heterocycles. The number of aryl methyl sites for hydroxylation is 1. The maximum Gasteiger partial charge on any atom is 0.258 e. The number of fused-ring (bicyclic) bond motifs is 1. The van der Waals surface area contributed by atoms with Crippen LogP contribution in [0.5, 0.6) is 11.5 Å². The van der Waals surface area contributed by atoms with Crippen LogP contribution in [-0.2, 0) is 21.4 Å². The molecular formula is C32H35N3O5S. The van der Waals surface area contributed by atoms with Gasteiger partial charge in [0.2, 0.25) is 10.0 Å². The molecular weight excluding hydrogens is 538 g/mol. The number of carbonyl (C=O) groups is 1. The van der Waals surface area contributed by atoms with Crippen molar-refractivity contribution in [3.63, 3.8) is 0 Å². The van der Waals surface area contributed by atoms with Crippen molar-refractivity contribution in [1.29, 1.82) is 0 Å². The van der Waals surface area contributed by atoms with E-state index in [9.17, 15) is 13.2 Å². The number of hydrogen-bond donors (Lipinski definition) is 2. The molecule has 0 spiro atoms. The number of amides is 1. The van der Waals surface area contributed by atoms with Crippen molar-refractivity contribution < 1.29 is 22.7 Å². The highest BCUT2D eigenvalue weighted by molar-refractivity contribution is 7.89. The summed E-state index contributed by atoms with van der Waals surface area (Å²) in [5.41, 5.74) is 5.14. The predicted octanol–water partition coefficient (Wildman–Crippen LogP) is 5.58. The molecule has 0 aliphatic rings. The summed E-state index contributed by atoms with van der Waals surface area (Å²) in [4.78, 5) is 13.0. The minimum atomic E-state index is -3.89. The van der Waals surface area contributed by atoms with Crippen molar-refractivity contribution in [1.82, 2.24) is 10.1 Å². The van der Waals surface area contributed by atoms with E-state index in [2.05, 4.69) is 33.4 Å². The molecule has 4 aromatic carbocycles. The van der Waals surface area contributed by atoms with Gasteiger partial charge in [-0.3, -0.25) is 4.79 Å². The van der Waals surface area contributed by atoms with Crippen LogP contribution < -0.4 is 19.6 Å². The number of nitrogens with one attached hydrogen (secondary N) is 2. The van der Waals surface area contributed by atoms with Crippen molar-refractivity contribution in [3.05, 3.63) is 102 Å². The molecule has 0 fully saturated rings. The predicted molar refractivity (Wildman–Crippen MR) is 162 cm³/mol. The van der Waals surface area contributed by atoms with Gasteiger partial charge in [0.25, 0.3) is 5.91 Å². The summed E-state index contributed by atoms with van der Waals surface area (Å²) >= 11 is 0. The number of sulfonamides is 1. The first-order valence-corrected chi connectivity index (χ1v) is 14.8. The molecule has 214 valence electrons. The maximum absolute atomic E-state index is 12.9. The Kier molecular flexibility index (Phi) is 9.75. The van der Waals surface area contributed by atoms with Gasteiger partial charge in [-0.2, -0.15) is 9.82 Å². The fraction of sp³-hybridized carbons (Fsp3) is 0.250. The van der Waals surface area contributed by atoms with E-state index in [-0.39, 0.29) is 10.8 Å². The Morgan fingerprint density at radius 2 is 1.68 bits per heavy atom. The molecule has 0 unspecified atom stereocenters. The molecule has 0 bridgehead atoms. The molecule has 41 heavy (non-hydrogen) atoms. The Labute approximate surface area is 241 Å². The van der Waals surface area contributed by atoms with Gasteiger partial charge in [0.15, 0.2) is 11.5 Å². The molecule has 1 amide bonds. The molecule has 8 nitrogen and oxygen atoms in total.